The highest BCUT2D eigenvalue weighted by atomic mass is 32.2. The van der Waals surface area contributed by atoms with Gasteiger partial charge in [0, 0.05) is 6.54 Å². The van der Waals surface area contributed by atoms with Gasteiger partial charge in [0.2, 0.25) is 11.8 Å². The average molecular weight is 732 g/mol. The Kier molecular flexibility index (Phi) is 11.8. The third-order valence-electron chi connectivity index (χ3n) is 8.46. The van der Waals surface area contributed by atoms with Gasteiger partial charge in [0.15, 0.2) is 0 Å². The summed E-state index contributed by atoms with van der Waals surface area (Å²) in [5.74, 6) is -5.63. The van der Waals surface area contributed by atoms with Crippen molar-refractivity contribution in [2.24, 2.45) is 23.7 Å². The maximum atomic E-state index is 13.5. The molecule has 0 unspecified atom stereocenters. The molecule has 3 amide bonds. The van der Waals surface area contributed by atoms with Crippen molar-refractivity contribution in [2.75, 3.05) is 6.54 Å². The van der Waals surface area contributed by atoms with E-state index in [2.05, 4.69) is 24.3 Å². The molecule has 3 aliphatic rings. The van der Waals surface area contributed by atoms with E-state index in [9.17, 15) is 57.6 Å². The minimum atomic E-state index is -6.23. The van der Waals surface area contributed by atoms with E-state index in [0.717, 1.165) is 0 Å². The largest absolute Gasteiger partial charge is 0.523 e. The fraction of sp³-hybridized carbons (Fsp3) is 0.885. The molecule has 13 nitrogen and oxygen atoms in total. The zero-order valence-electron chi connectivity index (χ0n) is 25.9. The van der Waals surface area contributed by atoms with Crippen LogP contribution in [0.1, 0.15) is 72.6 Å². The van der Waals surface area contributed by atoms with Crippen LogP contribution in [0.25, 0.3) is 0 Å². The number of hydrogen-bond donors (Lipinski definition) is 3. The van der Waals surface area contributed by atoms with E-state index in [1.807, 2.05) is 0 Å². The number of carbonyl (C=O) groups excluding carboxylic acids is 3. The van der Waals surface area contributed by atoms with Crippen molar-refractivity contribution in [3.05, 3.63) is 0 Å². The van der Waals surface area contributed by atoms with Crippen molar-refractivity contribution in [3.63, 3.8) is 0 Å². The van der Waals surface area contributed by atoms with Crippen LogP contribution in [0.3, 0.4) is 0 Å². The highest BCUT2D eigenvalue weighted by Gasteiger charge is 2.55. The number of rotatable bonds is 5. The summed E-state index contributed by atoms with van der Waals surface area (Å²) < 4.78 is 143. The molecule has 272 valence electrons. The Labute approximate surface area is 268 Å². The van der Waals surface area contributed by atoms with E-state index in [1.54, 1.807) is 0 Å². The van der Waals surface area contributed by atoms with E-state index in [0.29, 0.717) is 0 Å². The third kappa shape index (κ3) is 10.1. The number of alkyl halides is 6. The van der Waals surface area contributed by atoms with Gasteiger partial charge in [-0.3, -0.25) is 18.0 Å². The lowest BCUT2D eigenvalue weighted by molar-refractivity contribution is -0.131. The quantitative estimate of drug-likeness (QED) is 0.216. The second-order valence-corrected chi connectivity index (χ2v) is 16.2. The van der Waals surface area contributed by atoms with Gasteiger partial charge in [-0.25, -0.2) is 4.79 Å². The first-order valence-corrected chi connectivity index (χ1v) is 17.7. The van der Waals surface area contributed by atoms with Crippen molar-refractivity contribution in [2.45, 2.75) is 114 Å². The molecule has 0 aromatic rings. The molecule has 0 spiro atoms. The molecule has 2 saturated carbocycles. The number of halogens is 6. The lowest BCUT2D eigenvalue weighted by Crippen LogP contribution is -2.58. The van der Waals surface area contributed by atoms with Crippen LogP contribution in [-0.4, -0.2) is 82.2 Å². The fourth-order valence-corrected chi connectivity index (χ4v) is 7.72. The zero-order valence-corrected chi connectivity index (χ0v) is 27.6. The molecule has 1 saturated heterocycles. The molecule has 1 aliphatic heterocycles. The Balaban J connectivity index is 2.12. The zero-order chi connectivity index (χ0) is 35.8. The maximum Gasteiger partial charge on any atom is 0.523 e. The van der Waals surface area contributed by atoms with Gasteiger partial charge >= 0.3 is 37.3 Å². The molecule has 3 fully saturated rings. The van der Waals surface area contributed by atoms with Crippen LogP contribution < -0.4 is 16.0 Å². The number of nitrogens with one attached hydrogen (secondary N) is 3. The molecule has 3 rings (SSSR count). The van der Waals surface area contributed by atoms with Crippen molar-refractivity contribution in [1.82, 2.24) is 16.0 Å². The summed E-state index contributed by atoms with van der Waals surface area (Å²) >= 11 is 0. The van der Waals surface area contributed by atoms with Gasteiger partial charge in [-0.05, 0) is 96.3 Å². The second kappa shape index (κ2) is 14.2. The molecule has 2 aliphatic carbocycles. The lowest BCUT2D eigenvalue weighted by Gasteiger charge is -2.46. The molecule has 3 N–H and O–H groups in total. The summed E-state index contributed by atoms with van der Waals surface area (Å²) in [6, 6.07) is -2.63. The Morgan fingerprint density at radius 3 is 1.81 bits per heavy atom. The summed E-state index contributed by atoms with van der Waals surface area (Å²) in [4.78, 5) is 39.0. The first-order chi connectivity index (χ1) is 21.3. The average Bonchev–Trinajstić information content (AvgIpc) is 2.89. The SMILES string of the molecule is C[C@@H]1NC(=O)[C@@H](NC(=O)OC(C)(C)C)[C@H]2CC[C@H](OS(=O)(=O)C(F)(F)F)[C@@H](C2)[C@@H]2C[C@@H](CCNC1=O)CC[C@@H]2OS(=O)(=O)C(F)(F)F. The Morgan fingerprint density at radius 2 is 1.30 bits per heavy atom. The molecule has 1 heterocycles. The first kappa shape index (κ1) is 39.1. The molecule has 8 atom stereocenters. The molecular weight excluding hydrogens is 692 g/mol. The van der Waals surface area contributed by atoms with Crippen LogP contribution in [0.2, 0.25) is 0 Å². The van der Waals surface area contributed by atoms with Crippen LogP contribution in [0, 0.1) is 23.7 Å². The highest BCUT2D eigenvalue weighted by Crippen LogP contribution is 2.48. The first-order valence-electron chi connectivity index (χ1n) is 14.9. The van der Waals surface area contributed by atoms with Gasteiger partial charge in [0.05, 0.1) is 12.2 Å². The number of alkyl carbamates (subject to hydrolysis) is 1. The number of amides is 3. The summed E-state index contributed by atoms with van der Waals surface area (Å²) in [6.45, 7) is 5.97. The summed E-state index contributed by atoms with van der Waals surface area (Å²) in [5.41, 5.74) is -12.7. The topological polar surface area (TPSA) is 183 Å². The fourth-order valence-electron chi connectivity index (χ4n) is 6.37. The molecule has 0 aromatic heterocycles. The number of fused-ring (bicyclic) bond motifs is 5. The molecule has 0 aromatic carbocycles. The van der Waals surface area contributed by atoms with Crippen molar-refractivity contribution < 1.29 is 70.7 Å². The van der Waals surface area contributed by atoms with Gasteiger partial charge in [0.1, 0.15) is 17.7 Å². The summed E-state index contributed by atoms with van der Waals surface area (Å²) in [7, 11) is -12.4. The standard InChI is InChI=1S/C26H39F6N3O10S2/c1-13-21(36)33-10-9-14-5-7-18(44-46(39,40)25(27,28)29)16(11-14)17-12-15(6-8-19(17)45-47(41,42)26(30,31)32)20(22(37)34-13)35-23(38)43-24(2,3)4/h13-20H,5-12H2,1-4H3,(H,33,36)(H,34,37)(H,35,38)/t13-,14+,15-,16-,17-,18-,19-,20-/m0/s1. The number of hydrogen-bond acceptors (Lipinski definition) is 10. The highest BCUT2D eigenvalue weighted by molar-refractivity contribution is 7.87. The van der Waals surface area contributed by atoms with Crippen molar-refractivity contribution >= 4 is 38.1 Å². The predicted octanol–water partition coefficient (Wildman–Crippen LogP) is 3.21. The lowest BCUT2D eigenvalue weighted by atomic mass is 9.64. The molecule has 4 bridgehead atoms. The van der Waals surface area contributed by atoms with Crippen LogP contribution >= 0.6 is 0 Å². The molecule has 21 heteroatoms. The van der Waals surface area contributed by atoms with Crippen LogP contribution in [0.4, 0.5) is 31.1 Å². The Bertz CT molecular complexity index is 1380. The Hall–Kier alpha value is -2.39. The smallest absolute Gasteiger partial charge is 0.444 e. The van der Waals surface area contributed by atoms with E-state index < -0.39 is 116 Å². The predicted molar refractivity (Wildman–Crippen MR) is 150 cm³/mol. The van der Waals surface area contributed by atoms with E-state index in [1.165, 1.54) is 27.7 Å². The molecular formula is C26H39F6N3O10S2. The van der Waals surface area contributed by atoms with Gasteiger partial charge in [-0.1, -0.05) is 0 Å². The minimum absolute atomic E-state index is 0.0120. The molecule has 47 heavy (non-hydrogen) atoms. The summed E-state index contributed by atoms with van der Waals surface area (Å²) in [5, 5.41) is 7.45. The van der Waals surface area contributed by atoms with Gasteiger partial charge in [-0.15, -0.1) is 0 Å². The number of ether oxygens (including phenoxy) is 1. The van der Waals surface area contributed by atoms with Crippen LogP contribution in [-0.2, 0) is 42.9 Å². The normalized spacial score (nSPS) is 32.0. The second-order valence-electron chi connectivity index (χ2n) is 13.1. The third-order valence-corrected chi connectivity index (χ3v) is 10.6. The Morgan fingerprint density at radius 1 is 0.787 bits per heavy atom. The molecule has 0 radical (unpaired) electrons. The number of carbonyl (C=O) groups is 3. The van der Waals surface area contributed by atoms with Gasteiger partial charge in [-0.2, -0.15) is 43.2 Å². The van der Waals surface area contributed by atoms with Crippen molar-refractivity contribution in [1.29, 1.82) is 0 Å². The van der Waals surface area contributed by atoms with Crippen molar-refractivity contribution in [3.8, 4) is 0 Å². The summed E-state index contributed by atoms with van der Waals surface area (Å²) in [6.07, 6.45) is -5.89. The van der Waals surface area contributed by atoms with Gasteiger partial charge in [0.25, 0.3) is 0 Å². The van der Waals surface area contributed by atoms with Gasteiger partial charge < -0.3 is 20.7 Å². The van der Waals surface area contributed by atoms with Crippen LogP contribution in [0.5, 0.6) is 0 Å². The van der Waals surface area contributed by atoms with E-state index >= 15 is 0 Å². The van der Waals surface area contributed by atoms with E-state index in [-0.39, 0.29) is 38.6 Å². The monoisotopic (exact) mass is 731 g/mol. The van der Waals surface area contributed by atoms with Crippen LogP contribution in [0.15, 0.2) is 0 Å². The minimum Gasteiger partial charge on any atom is -0.444 e. The maximum absolute atomic E-state index is 13.5. The van der Waals surface area contributed by atoms with E-state index in [4.69, 9.17) is 4.74 Å².